The number of nitrogens with zero attached hydrogens (tertiary/aromatic N) is 2. The van der Waals surface area contributed by atoms with Crippen molar-refractivity contribution in [2.24, 2.45) is 0 Å². The van der Waals surface area contributed by atoms with Crippen LogP contribution in [0.2, 0.25) is 0 Å². The zero-order chi connectivity index (χ0) is 27.3. The maximum Gasteiger partial charge on any atom is 0.244 e. The van der Waals surface area contributed by atoms with Gasteiger partial charge in [-0.25, -0.2) is 12.8 Å². The fourth-order valence-corrected chi connectivity index (χ4v) is 5.72. The fraction of sp³-hybridized carbons (Fsp3) is 0.481. The van der Waals surface area contributed by atoms with E-state index in [2.05, 4.69) is 5.32 Å². The molecule has 2 amide bonds. The van der Waals surface area contributed by atoms with Crippen molar-refractivity contribution < 1.29 is 31.9 Å². The lowest BCUT2D eigenvalue weighted by molar-refractivity contribution is -0.139. The number of rotatable bonds is 10. The molecule has 1 fully saturated rings. The van der Waals surface area contributed by atoms with Crippen LogP contribution in [0.25, 0.3) is 0 Å². The van der Waals surface area contributed by atoms with Crippen molar-refractivity contribution in [1.29, 1.82) is 0 Å². The molecule has 0 radical (unpaired) electrons. The van der Waals surface area contributed by atoms with Gasteiger partial charge in [0.05, 0.1) is 11.4 Å². The number of fused-ring (bicyclic) bond motifs is 1. The van der Waals surface area contributed by atoms with Crippen molar-refractivity contribution in [3.8, 4) is 11.5 Å². The summed E-state index contributed by atoms with van der Waals surface area (Å²) in [5, 5.41) is 3.01. The van der Waals surface area contributed by atoms with Gasteiger partial charge in [0.2, 0.25) is 21.8 Å². The third-order valence-electron chi connectivity index (χ3n) is 6.93. The number of amides is 2. The third-order valence-corrected chi connectivity index (χ3v) is 8.67. The minimum atomic E-state index is -3.87. The molecular formula is C27H34FN3O6S. The lowest BCUT2D eigenvalue weighted by Gasteiger charge is -2.32. The Morgan fingerprint density at radius 3 is 2.37 bits per heavy atom. The highest BCUT2D eigenvalue weighted by Crippen LogP contribution is 2.35. The van der Waals surface area contributed by atoms with Crippen LogP contribution in [0.5, 0.6) is 11.5 Å². The quantitative estimate of drug-likeness (QED) is 0.490. The Morgan fingerprint density at radius 1 is 1.05 bits per heavy atom. The first-order valence-corrected chi connectivity index (χ1v) is 14.5. The van der Waals surface area contributed by atoms with E-state index >= 15 is 0 Å². The van der Waals surface area contributed by atoms with E-state index in [4.69, 9.17) is 9.47 Å². The first-order valence-electron chi connectivity index (χ1n) is 12.9. The van der Waals surface area contributed by atoms with Gasteiger partial charge in [-0.15, -0.1) is 0 Å². The second-order valence-corrected chi connectivity index (χ2v) is 11.7. The number of ether oxygens (including phenoxy) is 2. The average Bonchev–Trinajstić information content (AvgIpc) is 3.43. The number of hydrogen-bond donors (Lipinski definition) is 1. The molecule has 0 bridgehead atoms. The standard InChI is InChI=1S/C27H34FN3O6S/c1-3-38(34,35)31(23-12-13-24-25(16-23)37-15-14-36-24)18-26(32)30(17-20-8-10-21(28)11-9-20)19(2)27(33)29-22-6-4-5-7-22/h8-13,16,19,22H,3-7,14-15,17-18H2,1-2H3,(H,29,33)/t19-/m0/s1. The molecule has 1 heterocycles. The van der Waals surface area contributed by atoms with Gasteiger partial charge in [-0.05, 0) is 56.5 Å². The van der Waals surface area contributed by atoms with Crippen LogP contribution in [0.3, 0.4) is 0 Å². The highest BCUT2D eigenvalue weighted by molar-refractivity contribution is 7.92. The maximum atomic E-state index is 13.7. The van der Waals surface area contributed by atoms with E-state index in [1.54, 1.807) is 31.2 Å². The molecule has 1 N–H and O–H groups in total. The number of hydrogen-bond acceptors (Lipinski definition) is 6. The first-order chi connectivity index (χ1) is 18.2. The van der Waals surface area contributed by atoms with Gasteiger partial charge in [-0.1, -0.05) is 25.0 Å². The van der Waals surface area contributed by atoms with Gasteiger partial charge in [0.15, 0.2) is 11.5 Å². The molecule has 1 aliphatic carbocycles. The molecule has 2 aliphatic rings. The number of nitrogens with one attached hydrogen (secondary N) is 1. The van der Waals surface area contributed by atoms with Gasteiger partial charge in [0.1, 0.15) is 31.6 Å². The Balaban J connectivity index is 1.61. The van der Waals surface area contributed by atoms with Gasteiger partial charge < -0.3 is 19.7 Å². The van der Waals surface area contributed by atoms with Crippen LogP contribution in [0.4, 0.5) is 10.1 Å². The molecule has 4 rings (SSSR count). The molecule has 1 saturated carbocycles. The summed E-state index contributed by atoms with van der Waals surface area (Å²) in [7, 11) is -3.87. The summed E-state index contributed by atoms with van der Waals surface area (Å²) >= 11 is 0. The molecule has 206 valence electrons. The van der Waals surface area contributed by atoms with E-state index in [9.17, 15) is 22.4 Å². The molecule has 2 aromatic rings. The van der Waals surface area contributed by atoms with Crippen molar-refractivity contribution in [1.82, 2.24) is 10.2 Å². The third kappa shape index (κ3) is 6.56. The number of carbonyl (C=O) groups is 2. The van der Waals surface area contributed by atoms with Crippen molar-refractivity contribution in [2.75, 3.05) is 29.8 Å². The molecule has 1 aliphatic heterocycles. The predicted molar refractivity (Wildman–Crippen MR) is 141 cm³/mol. The minimum absolute atomic E-state index is 0.0134. The summed E-state index contributed by atoms with van der Waals surface area (Å²) in [4.78, 5) is 28.2. The van der Waals surface area contributed by atoms with Crippen LogP contribution < -0.4 is 19.1 Å². The van der Waals surface area contributed by atoms with E-state index < -0.39 is 34.3 Å². The zero-order valence-corrected chi connectivity index (χ0v) is 22.5. The summed E-state index contributed by atoms with van der Waals surface area (Å²) in [6, 6.07) is 9.54. The summed E-state index contributed by atoms with van der Waals surface area (Å²) in [5.41, 5.74) is 0.874. The monoisotopic (exact) mass is 547 g/mol. The van der Waals surface area contributed by atoms with Gasteiger partial charge in [0.25, 0.3) is 0 Å². The molecule has 9 nitrogen and oxygen atoms in total. The molecule has 38 heavy (non-hydrogen) atoms. The maximum absolute atomic E-state index is 13.7. The number of sulfonamides is 1. The van der Waals surface area contributed by atoms with Crippen LogP contribution >= 0.6 is 0 Å². The predicted octanol–water partition coefficient (Wildman–Crippen LogP) is 3.23. The molecule has 11 heteroatoms. The van der Waals surface area contributed by atoms with Crippen molar-refractivity contribution in [2.45, 2.75) is 58.2 Å². The Kier molecular flexibility index (Phi) is 8.76. The molecule has 0 aromatic heterocycles. The minimum Gasteiger partial charge on any atom is -0.486 e. The normalized spacial score (nSPS) is 16.1. The molecule has 0 spiro atoms. The van der Waals surface area contributed by atoms with Gasteiger partial charge >= 0.3 is 0 Å². The lowest BCUT2D eigenvalue weighted by atomic mass is 10.1. The zero-order valence-electron chi connectivity index (χ0n) is 21.7. The van der Waals surface area contributed by atoms with E-state index in [0.717, 1.165) is 30.0 Å². The number of anilines is 1. The fourth-order valence-electron chi connectivity index (χ4n) is 4.67. The Morgan fingerprint density at radius 2 is 1.71 bits per heavy atom. The van der Waals surface area contributed by atoms with Gasteiger partial charge in [0, 0.05) is 18.7 Å². The Hall–Kier alpha value is -3.34. The van der Waals surface area contributed by atoms with Crippen LogP contribution in [0.15, 0.2) is 42.5 Å². The lowest BCUT2D eigenvalue weighted by Crippen LogP contribution is -2.52. The van der Waals surface area contributed by atoms with E-state index in [1.807, 2.05) is 0 Å². The van der Waals surface area contributed by atoms with Crippen LogP contribution in [0.1, 0.15) is 45.1 Å². The largest absolute Gasteiger partial charge is 0.486 e. The SMILES string of the molecule is CCS(=O)(=O)N(CC(=O)N(Cc1ccc(F)cc1)[C@@H](C)C(=O)NC1CCCC1)c1ccc2c(c1)OCCO2. The van der Waals surface area contributed by atoms with E-state index in [1.165, 1.54) is 30.0 Å². The van der Waals surface area contributed by atoms with Crippen LogP contribution in [0, 0.1) is 5.82 Å². The topological polar surface area (TPSA) is 105 Å². The summed E-state index contributed by atoms with van der Waals surface area (Å²) < 4.78 is 51.9. The molecule has 0 unspecified atom stereocenters. The molecule has 1 atom stereocenters. The molecular weight excluding hydrogens is 513 g/mol. The van der Waals surface area contributed by atoms with Gasteiger partial charge in [-0.2, -0.15) is 0 Å². The van der Waals surface area contributed by atoms with Crippen LogP contribution in [-0.2, 0) is 26.2 Å². The number of benzene rings is 2. The summed E-state index contributed by atoms with van der Waals surface area (Å²) in [5.74, 6) is -0.630. The first kappa shape index (κ1) is 27.7. The number of halogens is 1. The Labute approximate surface area is 222 Å². The van der Waals surface area contributed by atoms with E-state index in [-0.39, 0.29) is 29.9 Å². The van der Waals surface area contributed by atoms with Crippen molar-refractivity contribution in [3.63, 3.8) is 0 Å². The second kappa shape index (κ2) is 12.0. The van der Waals surface area contributed by atoms with Crippen molar-refractivity contribution in [3.05, 3.63) is 53.8 Å². The average molecular weight is 548 g/mol. The van der Waals surface area contributed by atoms with Crippen LogP contribution in [-0.4, -0.2) is 62.7 Å². The summed E-state index contributed by atoms with van der Waals surface area (Å²) in [6.45, 7) is 3.33. The van der Waals surface area contributed by atoms with Gasteiger partial charge in [-0.3, -0.25) is 13.9 Å². The molecule has 2 aromatic carbocycles. The van der Waals surface area contributed by atoms with Crippen molar-refractivity contribution >= 4 is 27.5 Å². The highest BCUT2D eigenvalue weighted by Gasteiger charge is 2.32. The smallest absolute Gasteiger partial charge is 0.244 e. The van der Waals surface area contributed by atoms with E-state index in [0.29, 0.717) is 30.3 Å². The summed E-state index contributed by atoms with van der Waals surface area (Å²) in [6.07, 6.45) is 3.85. The highest BCUT2D eigenvalue weighted by atomic mass is 32.2. The molecule has 0 saturated heterocycles. The second-order valence-electron chi connectivity index (χ2n) is 9.55. The Bertz CT molecular complexity index is 1250. The number of carbonyl (C=O) groups excluding carboxylic acids is 2.